The van der Waals surface area contributed by atoms with Crippen molar-refractivity contribution in [3.63, 3.8) is 0 Å². The highest BCUT2D eigenvalue weighted by molar-refractivity contribution is 6.15. The second kappa shape index (κ2) is 6.88. The van der Waals surface area contributed by atoms with Crippen LogP contribution in [0.25, 0.3) is 0 Å². The van der Waals surface area contributed by atoms with Gasteiger partial charge in [-0.1, -0.05) is 30.3 Å². The fraction of sp³-hybridized carbons (Fsp3) is 0.200. The second-order valence-electron chi connectivity index (χ2n) is 8.66. The molecule has 3 aromatic rings. The largest absolute Gasteiger partial charge is 0.497 e. The molecule has 0 fully saturated rings. The number of hydrazone groups is 1. The van der Waals surface area contributed by atoms with Crippen molar-refractivity contribution in [2.75, 3.05) is 25.3 Å². The van der Waals surface area contributed by atoms with Gasteiger partial charge in [0.2, 0.25) is 12.7 Å². The number of hydrazine groups is 2. The summed E-state index contributed by atoms with van der Waals surface area (Å²) in [5.74, 6) is 2.81. The number of carbonyl (C=O) groups excluding carboxylic acids is 1. The molecule has 4 aliphatic rings. The summed E-state index contributed by atoms with van der Waals surface area (Å²) in [6.07, 6.45) is 0. The number of nitrogens with zero attached hydrogens (tertiary/aromatic N) is 3. The fourth-order valence-electron chi connectivity index (χ4n) is 5.38. The number of rotatable bonds is 3. The number of fused-ring (bicyclic) bond motifs is 7. The van der Waals surface area contributed by atoms with Gasteiger partial charge in [0.05, 0.1) is 20.2 Å². The van der Waals surface area contributed by atoms with Crippen molar-refractivity contribution in [2.45, 2.75) is 12.0 Å². The quantitative estimate of drug-likeness (QED) is 0.627. The molecule has 9 heteroatoms. The van der Waals surface area contributed by atoms with Crippen molar-refractivity contribution in [2.24, 2.45) is 5.10 Å². The average Bonchev–Trinajstić information content (AvgIpc) is 3.58. The number of hydrogen-bond donors (Lipinski definition) is 2. The van der Waals surface area contributed by atoms with E-state index in [2.05, 4.69) is 16.2 Å². The fourth-order valence-corrected chi connectivity index (χ4v) is 5.38. The summed E-state index contributed by atoms with van der Waals surface area (Å²) in [6, 6.07) is 19.7. The molecule has 0 aliphatic carbocycles. The Labute approximate surface area is 195 Å². The van der Waals surface area contributed by atoms with E-state index in [1.165, 1.54) is 0 Å². The first-order valence-corrected chi connectivity index (χ1v) is 11.0. The summed E-state index contributed by atoms with van der Waals surface area (Å²) >= 11 is 0. The standard InChI is InChI=1S/C25H21N5O4/c1-32-16-8-6-15(7-9-16)12-29-20-5-3-2-4-18(20)25(24(29)31)13-30-23(26-27-28-30)17-10-21-22(11-19(17)25)34-14-33-21/h2-11,27-28H,12-14H2,1H3. The van der Waals surface area contributed by atoms with Crippen molar-refractivity contribution in [1.82, 2.24) is 16.1 Å². The first kappa shape index (κ1) is 19.2. The van der Waals surface area contributed by atoms with Crippen molar-refractivity contribution in [3.8, 4) is 17.2 Å². The van der Waals surface area contributed by atoms with Gasteiger partial charge in [-0.3, -0.25) is 9.80 Å². The minimum Gasteiger partial charge on any atom is -0.497 e. The first-order chi connectivity index (χ1) is 16.7. The number of amidine groups is 1. The average molecular weight is 455 g/mol. The molecule has 0 bridgehead atoms. The Morgan fingerprint density at radius 1 is 1.06 bits per heavy atom. The van der Waals surface area contributed by atoms with Gasteiger partial charge in [0, 0.05) is 11.3 Å². The van der Waals surface area contributed by atoms with Crippen LogP contribution < -0.4 is 30.2 Å². The molecule has 1 atom stereocenters. The number of hydrogen-bond acceptors (Lipinski definition) is 8. The smallest absolute Gasteiger partial charge is 0.244 e. The van der Waals surface area contributed by atoms with Crippen LogP contribution in [0.5, 0.6) is 17.2 Å². The number of methoxy groups -OCH3 is 1. The Hall–Kier alpha value is -4.24. The molecule has 4 heterocycles. The third-order valence-electron chi connectivity index (χ3n) is 6.98. The van der Waals surface area contributed by atoms with Crippen molar-refractivity contribution < 1.29 is 19.0 Å². The highest BCUT2D eigenvalue weighted by Crippen LogP contribution is 2.52. The summed E-state index contributed by atoms with van der Waals surface area (Å²) < 4.78 is 16.6. The summed E-state index contributed by atoms with van der Waals surface area (Å²) in [5.41, 5.74) is 9.56. The van der Waals surface area contributed by atoms with E-state index in [9.17, 15) is 4.79 Å². The minimum absolute atomic E-state index is 0.0115. The molecule has 0 aromatic heterocycles. The van der Waals surface area contributed by atoms with Gasteiger partial charge < -0.3 is 19.1 Å². The summed E-state index contributed by atoms with van der Waals surface area (Å²) in [6.45, 7) is 1.00. The Morgan fingerprint density at radius 2 is 1.85 bits per heavy atom. The zero-order chi connectivity index (χ0) is 22.9. The van der Waals surface area contributed by atoms with Crippen molar-refractivity contribution in [3.05, 3.63) is 82.9 Å². The molecule has 3 aromatic carbocycles. The minimum atomic E-state index is -0.933. The van der Waals surface area contributed by atoms with E-state index in [-0.39, 0.29) is 12.7 Å². The maximum atomic E-state index is 14.4. The molecule has 4 aliphatic heterocycles. The molecule has 1 spiro atoms. The van der Waals surface area contributed by atoms with E-state index in [1.54, 1.807) is 7.11 Å². The normalized spacial score (nSPS) is 21.2. The molecular weight excluding hydrogens is 434 g/mol. The lowest BCUT2D eigenvalue weighted by Gasteiger charge is -2.39. The van der Waals surface area contributed by atoms with Gasteiger partial charge in [-0.05, 0) is 47.0 Å². The maximum Gasteiger partial charge on any atom is 0.244 e. The highest BCUT2D eigenvalue weighted by Gasteiger charge is 2.57. The summed E-state index contributed by atoms with van der Waals surface area (Å²) in [7, 11) is 1.64. The van der Waals surface area contributed by atoms with Crippen LogP contribution in [0.1, 0.15) is 22.3 Å². The van der Waals surface area contributed by atoms with Gasteiger partial charge in [-0.25, -0.2) is 5.53 Å². The molecule has 9 nitrogen and oxygen atoms in total. The summed E-state index contributed by atoms with van der Waals surface area (Å²) in [4.78, 5) is 16.3. The number of benzene rings is 3. The van der Waals surface area contributed by atoms with E-state index in [0.29, 0.717) is 24.6 Å². The highest BCUT2D eigenvalue weighted by atomic mass is 16.7. The van der Waals surface area contributed by atoms with Crippen molar-refractivity contribution >= 4 is 17.4 Å². The van der Waals surface area contributed by atoms with E-state index in [4.69, 9.17) is 14.2 Å². The van der Waals surface area contributed by atoms with Crippen LogP contribution in [-0.4, -0.2) is 37.2 Å². The second-order valence-corrected chi connectivity index (χ2v) is 8.66. The van der Waals surface area contributed by atoms with E-state index in [0.717, 1.165) is 39.5 Å². The predicted octanol–water partition coefficient (Wildman–Crippen LogP) is 2.26. The van der Waals surface area contributed by atoms with E-state index in [1.807, 2.05) is 70.6 Å². The van der Waals surface area contributed by atoms with Gasteiger partial charge in [0.15, 0.2) is 17.3 Å². The molecule has 0 radical (unpaired) electrons. The van der Waals surface area contributed by atoms with Gasteiger partial charge in [-0.2, -0.15) is 0 Å². The zero-order valence-corrected chi connectivity index (χ0v) is 18.4. The zero-order valence-electron chi connectivity index (χ0n) is 18.4. The molecular formula is C25H21N5O4. The van der Waals surface area contributed by atoms with Crippen LogP contribution in [-0.2, 0) is 16.8 Å². The van der Waals surface area contributed by atoms with Crippen LogP contribution in [0.2, 0.25) is 0 Å². The van der Waals surface area contributed by atoms with Crippen LogP contribution >= 0.6 is 0 Å². The molecule has 7 rings (SSSR count). The molecule has 1 unspecified atom stereocenters. The van der Waals surface area contributed by atoms with Crippen LogP contribution in [0, 0.1) is 0 Å². The monoisotopic (exact) mass is 455 g/mol. The number of anilines is 1. The number of ether oxygens (including phenoxy) is 3. The third kappa shape index (κ3) is 2.47. The topological polar surface area (TPSA) is 87.7 Å². The Morgan fingerprint density at radius 3 is 2.68 bits per heavy atom. The molecule has 34 heavy (non-hydrogen) atoms. The molecule has 1 amide bonds. The lowest BCUT2D eigenvalue weighted by molar-refractivity contribution is -0.122. The lowest BCUT2D eigenvalue weighted by Crippen LogP contribution is -2.57. The number of carbonyl (C=O) groups is 1. The molecule has 170 valence electrons. The van der Waals surface area contributed by atoms with Gasteiger partial charge in [0.1, 0.15) is 11.2 Å². The maximum absolute atomic E-state index is 14.4. The molecule has 0 saturated carbocycles. The predicted molar refractivity (Wildman–Crippen MR) is 123 cm³/mol. The third-order valence-corrected chi connectivity index (χ3v) is 6.98. The van der Waals surface area contributed by atoms with Crippen LogP contribution in [0.3, 0.4) is 0 Å². The molecule has 2 N–H and O–H groups in total. The van der Waals surface area contributed by atoms with Gasteiger partial charge >= 0.3 is 0 Å². The Bertz CT molecular complexity index is 1370. The lowest BCUT2D eigenvalue weighted by atomic mass is 9.71. The Kier molecular flexibility index (Phi) is 3.89. The van der Waals surface area contributed by atoms with E-state index >= 15 is 0 Å². The van der Waals surface area contributed by atoms with Crippen LogP contribution in [0.15, 0.2) is 65.8 Å². The number of amides is 1. The Balaban J connectivity index is 1.41. The van der Waals surface area contributed by atoms with Crippen LogP contribution in [0.4, 0.5) is 5.69 Å². The number of para-hydroxylation sites is 1. The van der Waals surface area contributed by atoms with Gasteiger partial charge in [0.25, 0.3) is 0 Å². The molecule has 0 saturated heterocycles. The van der Waals surface area contributed by atoms with E-state index < -0.39 is 5.41 Å². The van der Waals surface area contributed by atoms with Crippen molar-refractivity contribution in [1.29, 1.82) is 0 Å². The SMILES string of the molecule is COc1ccc(CN2C(=O)C3(CN4NNN=C4c4cc5c(cc43)OCO5)c3ccccc32)cc1. The summed E-state index contributed by atoms with van der Waals surface area (Å²) in [5, 5.41) is 6.30. The first-order valence-electron chi connectivity index (χ1n) is 11.0. The van der Waals surface area contributed by atoms with Gasteiger partial charge in [-0.15, -0.1) is 10.6 Å². The number of nitrogens with one attached hydrogen (secondary N) is 2.